The summed E-state index contributed by atoms with van der Waals surface area (Å²) in [6.45, 7) is 6.51. The average Bonchev–Trinajstić information content (AvgIpc) is 2.58. The van der Waals surface area contributed by atoms with E-state index < -0.39 is 0 Å². The third-order valence-corrected chi connectivity index (χ3v) is 4.97. The van der Waals surface area contributed by atoms with Crippen molar-refractivity contribution in [3.05, 3.63) is 29.8 Å². The third kappa shape index (κ3) is 3.67. The molecule has 0 spiro atoms. The molecule has 126 valence electrons. The van der Waals surface area contributed by atoms with Crippen molar-refractivity contribution in [3.63, 3.8) is 0 Å². The van der Waals surface area contributed by atoms with Crippen molar-refractivity contribution >= 4 is 5.91 Å². The molecule has 3 rings (SSSR count). The Labute approximate surface area is 138 Å². The molecule has 23 heavy (non-hydrogen) atoms. The van der Waals surface area contributed by atoms with Crippen LogP contribution < -0.4 is 5.32 Å². The first kappa shape index (κ1) is 16.3. The summed E-state index contributed by atoms with van der Waals surface area (Å²) in [6.07, 6.45) is 3.40. The number of carbonyl (C=O) groups excluding carboxylic acids is 1. The third-order valence-electron chi connectivity index (χ3n) is 4.97. The van der Waals surface area contributed by atoms with Crippen LogP contribution in [0.25, 0.3) is 0 Å². The molecule has 5 heteroatoms. The first-order valence-electron chi connectivity index (χ1n) is 8.71. The Morgan fingerprint density at radius 1 is 1.26 bits per heavy atom. The minimum atomic E-state index is -0.294. The zero-order valence-corrected chi connectivity index (χ0v) is 13.9. The summed E-state index contributed by atoms with van der Waals surface area (Å²) >= 11 is 0. The summed E-state index contributed by atoms with van der Waals surface area (Å²) in [5, 5.41) is 13.2. The van der Waals surface area contributed by atoms with Gasteiger partial charge in [-0.15, -0.1) is 0 Å². The molecule has 1 aromatic carbocycles. The van der Waals surface area contributed by atoms with Gasteiger partial charge in [0.15, 0.2) is 0 Å². The summed E-state index contributed by atoms with van der Waals surface area (Å²) in [4.78, 5) is 17.5. The van der Waals surface area contributed by atoms with E-state index in [1.807, 2.05) is 17.0 Å². The first-order chi connectivity index (χ1) is 11.2. The normalized spacial score (nSPS) is 24.4. The molecule has 2 N–H and O–H groups in total. The summed E-state index contributed by atoms with van der Waals surface area (Å²) in [6, 6.07) is 7.19. The molecule has 1 amide bonds. The number of nitrogens with one attached hydrogen (secondary N) is 1. The highest BCUT2D eigenvalue weighted by molar-refractivity contribution is 5.83. The van der Waals surface area contributed by atoms with Gasteiger partial charge in [-0.2, -0.15) is 0 Å². The fraction of sp³-hybridized carbons (Fsp3) is 0.611. The number of aromatic hydroxyl groups is 1. The van der Waals surface area contributed by atoms with Crippen LogP contribution in [-0.2, 0) is 4.79 Å². The van der Waals surface area contributed by atoms with E-state index in [0.29, 0.717) is 6.04 Å². The minimum Gasteiger partial charge on any atom is -0.508 e. The predicted molar refractivity (Wildman–Crippen MR) is 90.3 cm³/mol. The molecule has 2 saturated heterocycles. The second kappa shape index (κ2) is 7.32. The van der Waals surface area contributed by atoms with Crippen molar-refractivity contribution in [2.75, 3.05) is 32.7 Å². The molecule has 2 heterocycles. The number of phenols is 1. The molecule has 0 bridgehead atoms. The van der Waals surface area contributed by atoms with Crippen LogP contribution in [0.4, 0.5) is 0 Å². The maximum absolute atomic E-state index is 13.2. The number of piperidine rings is 1. The maximum Gasteiger partial charge on any atom is 0.244 e. The number of carbonyl (C=O) groups is 1. The topological polar surface area (TPSA) is 55.8 Å². The molecule has 2 aliphatic rings. The highest BCUT2D eigenvalue weighted by Gasteiger charge is 2.35. The molecule has 2 atom stereocenters. The second-order valence-corrected chi connectivity index (χ2v) is 6.67. The Balaban J connectivity index is 1.90. The van der Waals surface area contributed by atoms with Gasteiger partial charge in [0, 0.05) is 38.8 Å². The van der Waals surface area contributed by atoms with Crippen LogP contribution in [0.1, 0.15) is 37.8 Å². The van der Waals surface area contributed by atoms with Gasteiger partial charge in [-0.3, -0.25) is 9.69 Å². The van der Waals surface area contributed by atoms with Crippen molar-refractivity contribution in [1.29, 1.82) is 0 Å². The van der Waals surface area contributed by atoms with Crippen LogP contribution >= 0.6 is 0 Å². The number of likely N-dealkylation sites (tertiary alicyclic amines) is 1. The summed E-state index contributed by atoms with van der Waals surface area (Å²) in [5.74, 6) is 0.408. The maximum atomic E-state index is 13.2. The van der Waals surface area contributed by atoms with E-state index >= 15 is 0 Å². The quantitative estimate of drug-likeness (QED) is 0.892. The lowest BCUT2D eigenvalue weighted by molar-refractivity contribution is -0.139. The molecular weight excluding hydrogens is 290 g/mol. The Morgan fingerprint density at radius 2 is 2.04 bits per heavy atom. The van der Waals surface area contributed by atoms with Gasteiger partial charge in [0.25, 0.3) is 0 Å². The smallest absolute Gasteiger partial charge is 0.244 e. The largest absolute Gasteiger partial charge is 0.508 e. The molecule has 0 radical (unpaired) electrons. The van der Waals surface area contributed by atoms with E-state index in [0.717, 1.165) is 51.1 Å². The van der Waals surface area contributed by atoms with Gasteiger partial charge in [-0.25, -0.2) is 0 Å². The van der Waals surface area contributed by atoms with Gasteiger partial charge in [0.1, 0.15) is 11.8 Å². The molecule has 2 aliphatic heterocycles. The van der Waals surface area contributed by atoms with Gasteiger partial charge >= 0.3 is 0 Å². The van der Waals surface area contributed by atoms with Crippen LogP contribution in [0.3, 0.4) is 0 Å². The summed E-state index contributed by atoms with van der Waals surface area (Å²) < 4.78 is 0. The van der Waals surface area contributed by atoms with Crippen LogP contribution in [0.5, 0.6) is 5.75 Å². The lowest BCUT2D eigenvalue weighted by Gasteiger charge is -2.41. The zero-order valence-electron chi connectivity index (χ0n) is 13.9. The Hall–Kier alpha value is -1.59. The molecule has 5 nitrogen and oxygen atoms in total. The lowest BCUT2D eigenvalue weighted by Crippen LogP contribution is -2.55. The van der Waals surface area contributed by atoms with Crippen molar-refractivity contribution in [2.45, 2.75) is 38.3 Å². The molecule has 1 aromatic rings. The van der Waals surface area contributed by atoms with Crippen molar-refractivity contribution in [2.24, 2.45) is 0 Å². The number of nitrogens with zero attached hydrogens (tertiary/aromatic N) is 2. The fourth-order valence-corrected chi connectivity index (χ4v) is 3.70. The van der Waals surface area contributed by atoms with Crippen LogP contribution in [-0.4, -0.2) is 59.6 Å². The molecule has 0 saturated carbocycles. The molecule has 0 aliphatic carbocycles. The van der Waals surface area contributed by atoms with E-state index in [2.05, 4.69) is 17.1 Å². The van der Waals surface area contributed by atoms with Gasteiger partial charge < -0.3 is 15.3 Å². The molecule has 2 fully saturated rings. The predicted octanol–water partition coefficient (Wildman–Crippen LogP) is 1.74. The summed E-state index contributed by atoms with van der Waals surface area (Å²) in [7, 11) is 0. The van der Waals surface area contributed by atoms with Gasteiger partial charge in [-0.1, -0.05) is 12.1 Å². The first-order valence-corrected chi connectivity index (χ1v) is 8.71. The Kier molecular flexibility index (Phi) is 5.18. The van der Waals surface area contributed by atoms with Gasteiger partial charge in [0.05, 0.1) is 0 Å². The minimum absolute atomic E-state index is 0.184. The molecule has 0 aromatic heterocycles. The van der Waals surface area contributed by atoms with E-state index in [9.17, 15) is 9.90 Å². The van der Waals surface area contributed by atoms with Crippen molar-refractivity contribution in [3.8, 4) is 5.75 Å². The van der Waals surface area contributed by atoms with Crippen LogP contribution in [0, 0.1) is 0 Å². The summed E-state index contributed by atoms with van der Waals surface area (Å²) in [5.41, 5.74) is 0.898. The SMILES string of the molecule is CC1CNCCN1C(C(=O)N1CCCCC1)c1cccc(O)c1. The van der Waals surface area contributed by atoms with Crippen molar-refractivity contribution in [1.82, 2.24) is 15.1 Å². The second-order valence-electron chi connectivity index (χ2n) is 6.67. The molecular formula is C18H27N3O2. The standard InChI is InChI=1S/C18H27N3O2/c1-14-13-19-8-11-21(14)17(15-6-5-7-16(22)12-15)18(23)20-9-3-2-4-10-20/h5-7,12,14,17,19,22H,2-4,8-11,13H2,1H3. The van der Waals surface area contributed by atoms with E-state index in [4.69, 9.17) is 0 Å². The van der Waals surface area contributed by atoms with Crippen LogP contribution in [0.2, 0.25) is 0 Å². The number of rotatable bonds is 3. The highest BCUT2D eigenvalue weighted by Crippen LogP contribution is 2.29. The Morgan fingerprint density at radius 3 is 2.74 bits per heavy atom. The van der Waals surface area contributed by atoms with E-state index in [-0.39, 0.29) is 17.7 Å². The van der Waals surface area contributed by atoms with Crippen molar-refractivity contribution < 1.29 is 9.90 Å². The Bertz CT molecular complexity index is 543. The number of hydrogen-bond acceptors (Lipinski definition) is 4. The lowest BCUT2D eigenvalue weighted by atomic mass is 9.99. The number of phenolic OH excluding ortho intramolecular Hbond substituents is 1. The molecule has 2 unspecified atom stereocenters. The number of benzene rings is 1. The van der Waals surface area contributed by atoms with E-state index in [1.54, 1.807) is 12.1 Å². The van der Waals surface area contributed by atoms with Crippen LogP contribution in [0.15, 0.2) is 24.3 Å². The number of amides is 1. The monoisotopic (exact) mass is 317 g/mol. The highest BCUT2D eigenvalue weighted by atomic mass is 16.3. The van der Waals surface area contributed by atoms with Gasteiger partial charge in [-0.05, 0) is 43.9 Å². The average molecular weight is 317 g/mol. The van der Waals surface area contributed by atoms with E-state index in [1.165, 1.54) is 6.42 Å². The number of piperazine rings is 1. The number of hydrogen-bond donors (Lipinski definition) is 2. The van der Waals surface area contributed by atoms with Gasteiger partial charge in [0.2, 0.25) is 5.91 Å². The zero-order chi connectivity index (χ0) is 16.2. The fourth-order valence-electron chi connectivity index (χ4n) is 3.70.